The highest BCUT2D eigenvalue weighted by Gasteiger charge is 2.33. The molecule has 2 aromatic carbocycles. The molecule has 0 radical (unpaired) electrons. The predicted octanol–water partition coefficient (Wildman–Crippen LogP) is 1.39. The van der Waals surface area contributed by atoms with Gasteiger partial charge in [-0.2, -0.15) is 0 Å². The Balaban J connectivity index is 1.35. The van der Waals surface area contributed by atoms with Gasteiger partial charge in [-0.05, 0) is 60.3 Å². The zero-order chi connectivity index (χ0) is 28.2. The summed E-state index contributed by atoms with van der Waals surface area (Å²) >= 11 is 0. The summed E-state index contributed by atoms with van der Waals surface area (Å²) in [5.41, 5.74) is 1.84. The van der Waals surface area contributed by atoms with E-state index in [1.807, 2.05) is 39.1 Å². The topological polar surface area (TPSA) is 144 Å². The van der Waals surface area contributed by atoms with Gasteiger partial charge in [0.2, 0.25) is 12.7 Å². The van der Waals surface area contributed by atoms with Gasteiger partial charge in [0.25, 0.3) is 5.91 Å². The van der Waals surface area contributed by atoms with E-state index in [1.54, 1.807) is 23.1 Å². The van der Waals surface area contributed by atoms with E-state index in [-0.39, 0.29) is 43.8 Å². The second kappa shape index (κ2) is 11.9. The first-order valence-electron chi connectivity index (χ1n) is 13.1. The van der Waals surface area contributed by atoms with Gasteiger partial charge in [-0.25, -0.2) is 4.68 Å². The van der Waals surface area contributed by atoms with Gasteiger partial charge in [0.05, 0.1) is 18.2 Å². The van der Waals surface area contributed by atoms with Gasteiger partial charge in [0, 0.05) is 31.2 Å². The van der Waals surface area contributed by atoms with Crippen molar-refractivity contribution in [3.05, 3.63) is 53.9 Å². The molecule has 13 heteroatoms. The third-order valence-corrected chi connectivity index (χ3v) is 7.03. The average Bonchev–Trinajstić information content (AvgIpc) is 3.62. The molecule has 3 heterocycles. The monoisotopic (exact) mass is 551 g/mol. The Bertz CT molecular complexity index is 1350. The number of nitrogens with zero attached hydrogens (tertiary/aromatic N) is 6. The molecule has 2 aliphatic rings. The van der Waals surface area contributed by atoms with E-state index in [2.05, 4.69) is 25.7 Å². The summed E-state index contributed by atoms with van der Waals surface area (Å²) < 4.78 is 18.7. The van der Waals surface area contributed by atoms with Gasteiger partial charge in [0.15, 0.2) is 11.5 Å². The number of nitrogens with one attached hydrogen (secondary N) is 1. The number of hydrogen-bond donors (Lipinski definition) is 2. The van der Waals surface area contributed by atoms with Crippen LogP contribution in [-0.2, 0) is 17.9 Å². The molecule has 3 atom stereocenters. The van der Waals surface area contributed by atoms with E-state index in [4.69, 9.17) is 14.2 Å². The smallest absolute Gasteiger partial charge is 0.258 e. The molecule has 2 N–H and O–H groups in total. The molecular formula is C27H33N7O6. The molecule has 0 unspecified atom stereocenters. The van der Waals surface area contributed by atoms with Gasteiger partial charge in [-0.15, -0.1) is 5.10 Å². The molecule has 1 aromatic heterocycles. The van der Waals surface area contributed by atoms with Crippen LogP contribution in [0, 0.1) is 5.92 Å². The molecule has 212 valence electrons. The van der Waals surface area contributed by atoms with Gasteiger partial charge in [-0.1, -0.05) is 13.0 Å². The van der Waals surface area contributed by atoms with Crippen molar-refractivity contribution in [3.8, 4) is 17.2 Å². The van der Waals surface area contributed by atoms with Crippen LogP contribution in [0.25, 0.3) is 0 Å². The molecular weight excluding hydrogens is 518 g/mol. The zero-order valence-electron chi connectivity index (χ0n) is 22.7. The minimum absolute atomic E-state index is 0.0269. The highest BCUT2D eigenvalue weighted by Crippen LogP contribution is 2.33. The Morgan fingerprint density at radius 1 is 1.20 bits per heavy atom. The fraction of sp³-hybridized carbons (Fsp3) is 0.444. The number of aliphatic hydroxyl groups excluding tert-OH is 1. The Kier molecular flexibility index (Phi) is 8.12. The Morgan fingerprint density at radius 3 is 2.77 bits per heavy atom. The first-order chi connectivity index (χ1) is 19.3. The van der Waals surface area contributed by atoms with E-state index in [0.717, 1.165) is 17.1 Å². The predicted molar refractivity (Wildman–Crippen MR) is 143 cm³/mol. The Labute approximate surface area is 231 Å². The molecule has 0 spiro atoms. The van der Waals surface area contributed by atoms with E-state index in [0.29, 0.717) is 36.6 Å². The molecule has 2 amide bonds. The number of fused-ring (bicyclic) bond motifs is 2. The first-order valence-corrected chi connectivity index (χ1v) is 13.1. The van der Waals surface area contributed by atoms with Crippen LogP contribution in [0.15, 0.2) is 42.7 Å². The van der Waals surface area contributed by atoms with Crippen LogP contribution in [0.4, 0.5) is 5.69 Å². The lowest BCUT2D eigenvalue weighted by Gasteiger charge is -2.38. The lowest BCUT2D eigenvalue weighted by Crippen LogP contribution is -2.49. The van der Waals surface area contributed by atoms with Crippen molar-refractivity contribution in [3.63, 3.8) is 0 Å². The van der Waals surface area contributed by atoms with Crippen molar-refractivity contribution < 1.29 is 28.9 Å². The van der Waals surface area contributed by atoms with E-state index < -0.39 is 6.04 Å². The summed E-state index contributed by atoms with van der Waals surface area (Å²) in [4.78, 5) is 30.0. The van der Waals surface area contributed by atoms with E-state index in [9.17, 15) is 14.7 Å². The number of benzene rings is 2. The molecule has 0 fully saturated rings. The first kappa shape index (κ1) is 27.3. The number of ether oxygens (including phenoxy) is 3. The summed E-state index contributed by atoms with van der Waals surface area (Å²) in [6.45, 7) is 5.50. The van der Waals surface area contributed by atoms with Crippen LogP contribution in [0.3, 0.4) is 0 Å². The minimum Gasteiger partial charge on any atom is -0.488 e. The standard InChI is InChI=1S/C27H33N7O6/c1-17-10-34(18(2)14-35)27(37)21-9-20(29-26(36)13-33-15-28-30-31-33)5-7-22(21)40-25(17)12-32(3)11-19-4-6-23-24(8-19)39-16-38-23/h4-9,15,17-18,25,35H,10-14,16H2,1-3H3,(H,29,36)/t17-,18-,25-/m0/s1. The third-order valence-electron chi connectivity index (χ3n) is 7.03. The van der Waals surface area contributed by atoms with Gasteiger partial charge < -0.3 is 29.5 Å². The number of aliphatic hydroxyl groups is 1. The normalized spacial score (nSPS) is 19.0. The summed E-state index contributed by atoms with van der Waals surface area (Å²) in [6, 6.07) is 10.5. The SMILES string of the molecule is C[C@H]1CN([C@@H](C)CO)C(=O)c2cc(NC(=O)Cn3cnnn3)ccc2O[C@H]1CN(C)Cc1ccc2c(c1)OCO2. The number of likely N-dealkylation sites (N-methyl/N-ethyl adjacent to an activating group) is 1. The molecule has 2 aliphatic heterocycles. The zero-order valence-corrected chi connectivity index (χ0v) is 22.7. The van der Waals surface area contributed by atoms with Crippen molar-refractivity contribution in [2.75, 3.05) is 38.9 Å². The number of carbonyl (C=O) groups is 2. The number of aromatic nitrogens is 4. The van der Waals surface area contributed by atoms with Crippen LogP contribution < -0.4 is 19.5 Å². The summed E-state index contributed by atoms with van der Waals surface area (Å²) in [7, 11) is 2.02. The van der Waals surface area contributed by atoms with E-state index >= 15 is 0 Å². The quantitative estimate of drug-likeness (QED) is 0.400. The van der Waals surface area contributed by atoms with Crippen molar-refractivity contribution in [1.29, 1.82) is 0 Å². The van der Waals surface area contributed by atoms with Crippen molar-refractivity contribution in [1.82, 2.24) is 30.0 Å². The fourth-order valence-corrected chi connectivity index (χ4v) is 4.84. The second-order valence-corrected chi connectivity index (χ2v) is 10.3. The Morgan fingerprint density at radius 2 is 2.00 bits per heavy atom. The second-order valence-electron chi connectivity index (χ2n) is 10.3. The highest BCUT2D eigenvalue weighted by molar-refractivity contribution is 5.99. The third kappa shape index (κ3) is 6.15. The molecule has 13 nitrogen and oxygen atoms in total. The van der Waals surface area contributed by atoms with Crippen molar-refractivity contribution in [2.24, 2.45) is 5.92 Å². The number of amides is 2. The number of tetrazole rings is 1. The van der Waals surface area contributed by atoms with Crippen LogP contribution in [-0.4, -0.2) is 92.6 Å². The molecule has 5 rings (SSSR count). The fourth-order valence-electron chi connectivity index (χ4n) is 4.84. The van der Waals surface area contributed by atoms with Crippen LogP contribution in [0.2, 0.25) is 0 Å². The number of rotatable bonds is 9. The van der Waals surface area contributed by atoms with Gasteiger partial charge in [0.1, 0.15) is 24.7 Å². The molecule has 0 aliphatic carbocycles. The highest BCUT2D eigenvalue weighted by atomic mass is 16.7. The average molecular weight is 552 g/mol. The summed E-state index contributed by atoms with van der Waals surface area (Å²) in [6.07, 6.45) is 1.09. The minimum atomic E-state index is -0.397. The van der Waals surface area contributed by atoms with Gasteiger partial charge in [-0.3, -0.25) is 14.5 Å². The summed E-state index contributed by atoms with van der Waals surface area (Å²) in [5.74, 6) is 1.26. The van der Waals surface area contributed by atoms with Crippen LogP contribution in [0.1, 0.15) is 29.8 Å². The van der Waals surface area contributed by atoms with Crippen molar-refractivity contribution >= 4 is 17.5 Å². The number of hydrogen-bond acceptors (Lipinski definition) is 10. The Hall–Kier alpha value is -4.23. The molecule has 3 aromatic rings. The van der Waals surface area contributed by atoms with Crippen molar-refractivity contribution in [2.45, 2.75) is 39.1 Å². The summed E-state index contributed by atoms with van der Waals surface area (Å²) in [5, 5.41) is 23.4. The maximum Gasteiger partial charge on any atom is 0.258 e. The number of carbonyl (C=O) groups excluding carboxylic acids is 2. The molecule has 0 saturated carbocycles. The molecule has 0 bridgehead atoms. The largest absolute Gasteiger partial charge is 0.488 e. The maximum atomic E-state index is 13.7. The molecule has 0 saturated heterocycles. The van der Waals surface area contributed by atoms with E-state index in [1.165, 1.54) is 11.0 Å². The maximum absolute atomic E-state index is 13.7. The van der Waals surface area contributed by atoms with Crippen LogP contribution in [0.5, 0.6) is 17.2 Å². The lowest BCUT2D eigenvalue weighted by molar-refractivity contribution is -0.116. The number of anilines is 1. The van der Waals surface area contributed by atoms with Gasteiger partial charge >= 0.3 is 0 Å². The van der Waals surface area contributed by atoms with Crippen LogP contribution >= 0.6 is 0 Å². The molecule has 40 heavy (non-hydrogen) atoms. The lowest BCUT2D eigenvalue weighted by atomic mass is 9.99.